The number of non-ortho nitro benzene ring substituents is 1. The lowest BCUT2D eigenvalue weighted by Crippen LogP contribution is -2.21. The summed E-state index contributed by atoms with van der Waals surface area (Å²) >= 11 is 0. The van der Waals surface area contributed by atoms with Crippen LogP contribution in [0.4, 0.5) is 5.69 Å². The number of nitro benzene ring substituents is 1. The average molecular weight is 277 g/mol. The minimum atomic E-state index is -1.13. The van der Waals surface area contributed by atoms with Crippen molar-refractivity contribution in [3.8, 4) is 5.75 Å². The van der Waals surface area contributed by atoms with Gasteiger partial charge in [0.2, 0.25) is 0 Å². The molecule has 20 heavy (non-hydrogen) atoms. The molecule has 7 heteroatoms. The highest BCUT2D eigenvalue weighted by atomic mass is 16.7. The van der Waals surface area contributed by atoms with Crippen LogP contribution in [-0.2, 0) is 15.3 Å². The Hall–Kier alpha value is -2.70. The maximum absolute atomic E-state index is 11.1. The monoisotopic (exact) mass is 277 g/mol. The number of nitrogens with zero attached hydrogens (tertiary/aromatic N) is 1. The summed E-state index contributed by atoms with van der Waals surface area (Å²) in [4.78, 5) is 10.6. The summed E-state index contributed by atoms with van der Waals surface area (Å²) in [6, 6.07) is 4.39. The van der Waals surface area contributed by atoms with Crippen molar-refractivity contribution in [3.05, 3.63) is 46.6 Å². The lowest BCUT2D eigenvalue weighted by molar-refractivity contribution is -0.383. The van der Waals surface area contributed by atoms with Gasteiger partial charge in [-0.25, -0.2) is 0 Å². The number of hydrogen-bond acceptors (Lipinski definition) is 6. The number of fused-ring (bicyclic) bond motifs is 1. The number of ether oxygens (including phenoxy) is 3. The summed E-state index contributed by atoms with van der Waals surface area (Å²) in [5, 5.41) is 11.4. The van der Waals surface area contributed by atoms with Crippen LogP contribution in [-0.4, -0.2) is 12.0 Å². The van der Waals surface area contributed by atoms with Gasteiger partial charge in [-0.2, -0.15) is 0 Å². The molecule has 1 aromatic carbocycles. The molecule has 0 fully saturated rings. The molecule has 0 radical (unpaired) electrons. The first-order chi connectivity index (χ1) is 9.55. The first kappa shape index (κ1) is 12.3. The van der Waals surface area contributed by atoms with Crippen LogP contribution in [0.25, 0.3) is 11.0 Å². The Balaban J connectivity index is 2.23. The van der Waals surface area contributed by atoms with E-state index in [1.807, 2.05) is 0 Å². The van der Waals surface area contributed by atoms with E-state index in [2.05, 4.69) is 0 Å². The second kappa shape index (κ2) is 4.16. The summed E-state index contributed by atoms with van der Waals surface area (Å²) in [5.74, 6) is -0.394. The quantitative estimate of drug-likeness (QED) is 0.633. The molecule has 1 aliphatic heterocycles. The maximum atomic E-state index is 11.1. The number of hydrogen-bond donors (Lipinski definition) is 0. The molecular weight excluding hydrogens is 266 g/mol. The van der Waals surface area contributed by atoms with Crippen LogP contribution in [0.3, 0.4) is 0 Å². The molecule has 0 N–H and O–H groups in total. The normalized spacial score (nSPS) is 15.9. The lowest BCUT2D eigenvalue weighted by Gasteiger charge is -2.19. The van der Waals surface area contributed by atoms with Crippen molar-refractivity contribution in [2.45, 2.75) is 12.7 Å². The minimum Gasteiger partial charge on any atom is -0.493 e. The van der Waals surface area contributed by atoms with E-state index in [0.717, 1.165) is 0 Å². The van der Waals surface area contributed by atoms with Crippen molar-refractivity contribution in [1.82, 2.24) is 0 Å². The molecule has 104 valence electrons. The molecular formula is C13H11NO6. The molecule has 0 aliphatic carbocycles. The van der Waals surface area contributed by atoms with E-state index in [-0.39, 0.29) is 11.3 Å². The highest BCUT2D eigenvalue weighted by Crippen LogP contribution is 2.41. The maximum Gasteiger partial charge on any atom is 0.306 e. The second-order valence-electron chi connectivity index (χ2n) is 4.35. The van der Waals surface area contributed by atoms with Crippen LogP contribution in [0.15, 0.2) is 35.1 Å². The molecule has 0 amide bonds. The third-order valence-electron chi connectivity index (χ3n) is 3.13. The van der Waals surface area contributed by atoms with Gasteiger partial charge in [0, 0.05) is 19.1 Å². The fourth-order valence-electron chi connectivity index (χ4n) is 2.09. The Morgan fingerprint density at radius 3 is 2.60 bits per heavy atom. The Labute approximate surface area is 113 Å². The van der Waals surface area contributed by atoms with Gasteiger partial charge in [0.05, 0.1) is 12.0 Å². The van der Waals surface area contributed by atoms with E-state index >= 15 is 0 Å². The number of benzene rings is 1. The molecule has 0 saturated carbocycles. The van der Waals surface area contributed by atoms with Crippen LogP contribution in [0, 0.1) is 10.1 Å². The number of furan rings is 1. The standard InChI is InChI=1S/C13H11NO6/c1-13(18-5-6-19-13)11-7-8-9(14(15)16)3-4-10(17-2)12(8)20-11/h3-7H,1-2H3. The molecule has 2 aromatic rings. The summed E-state index contributed by atoms with van der Waals surface area (Å²) in [5.41, 5.74) is 0.224. The molecule has 0 saturated heterocycles. The largest absolute Gasteiger partial charge is 0.493 e. The predicted octanol–water partition coefficient (Wildman–Crippen LogP) is 3.04. The van der Waals surface area contributed by atoms with Gasteiger partial charge in [0.15, 0.2) is 17.1 Å². The number of nitro groups is 1. The summed E-state index contributed by atoms with van der Waals surface area (Å²) in [6.45, 7) is 1.66. The van der Waals surface area contributed by atoms with E-state index in [1.54, 1.807) is 6.92 Å². The molecule has 0 spiro atoms. The summed E-state index contributed by atoms with van der Waals surface area (Å²) in [6.07, 6.45) is 2.78. The molecule has 3 rings (SSSR count). The molecule has 1 aromatic heterocycles. The SMILES string of the molecule is COc1ccc([N+](=O)[O-])c2cc(C3(C)OC=CO3)oc12. The van der Waals surface area contributed by atoms with Crippen LogP contribution < -0.4 is 4.74 Å². The molecule has 0 bridgehead atoms. The topological polar surface area (TPSA) is 84.0 Å². The van der Waals surface area contributed by atoms with Crippen molar-refractivity contribution >= 4 is 16.7 Å². The molecule has 1 aliphatic rings. The fraction of sp³-hybridized carbons (Fsp3) is 0.231. The van der Waals surface area contributed by atoms with Gasteiger partial charge >= 0.3 is 5.79 Å². The Kier molecular flexibility index (Phi) is 2.56. The van der Waals surface area contributed by atoms with Gasteiger partial charge in [-0.3, -0.25) is 10.1 Å². The Morgan fingerprint density at radius 1 is 1.30 bits per heavy atom. The zero-order chi connectivity index (χ0) is 14.3. The Morgan fingerprint density at radius 2 is 2.00 bits per heavy atom. The fourth-order valence-corrected chi connectivity index (χ4v) is 2.09. The van der Waals surface area contributed by atoms with Crippen molar-refractivity contribution in [2.24, 2.45) is 0 Å². The van der Waals surface area contributed by atoms with Crippen molar-refractivity contribution < 1.29 is 23.6 Å². The lowest BCUT2D eigenvalue weighted by atomic mass is 10.1. The van der Waals surface area contributed by atoms with Crippen molar-refractivity contribution in [3.63, 3.8) is 0 Å². The predicted molar refractivity (Wildman–Crippen MR) is 68.1 cm³/mol. The van der Waals surface area contributed by atoms with Gasteiger partial charge in [-0.15, -0.1) is 0 Å². The van der Waals surface area contributed by atoms with Crippen molar-refractivity contribution in [2.75, 3.05) is 7.11 Å². The zero-order valence-corrected chi connectivity index (χ0v) is 10.8. The van der Waals surface area contributed by atoms with E-state index in [0.29, 0.717) is 16.9 Å². The van der Waals surface area contributed by atoms with Gasteiger partial charge in [-0.1, -0.05) is 0 Å². The van der Waals surface area contributed by atoms with Crippen LogP contribution in [0.5, 0.6) is 5.75 Å². The van der Waals surface area contributed by atoms with E-state index in [4.69, 9.17) is 18.6 Å². The highest BCUT2D eigenvalue weighted by molar-refractivity contribution is 5.92. The third kappa shape index (κ3) is 1.67. The third-order valence-corrected chi connectivity index (χ3v) is 3.13. The van der Waals surface area contributed by atoms with E-state index in [1.165, 1.54) is 37.8 Å². The van der Waals surface area contributed by atoms with Gasteiger partial charge in [-0.05, 0) is 6.07 Å². The van der Waals surface area contributed by atoms with Crippen LogP contribution in [0.1, 0.15) is 12.7 Å². The highest BCUT2D eigenvalue weighted by Gasteiger charge is 2.37. The number of methoxy groups -OCH3 is 1. The molecule has 0 unspecified atom stereocenters. The summed E-state index contributed by atoms with van der Waals surface area (Å²) in [7, 11) is 1.47. The molecule has 0 atom stereocenters. The van der Waals surface area contributed by atoms with E-state index in [9.17, 15) is 10.1 Å². The zero-order valence-electron chi connectivity index (χ0n) is 10.8. The van der Waals surface area contributed by atoms with Crippen LogP contribution >= 0.6 is 0 Å². The summed E-state index contributed by atoms with van der Waals surface area (Å²) < 4.78 is 21.5. The first-order valence-electron chi connectivity index (χ1n) is 5.81. The average Bonchev–Trinajstić information content (AvgIpc) is 3.04. The smallest absolute Gasteiger partial charge is 0.306 e. The van der Waals surface area contributed by atoms with Crippen LogP contribution in [0.2, 0.25) is 0 Å². The van der Waals surface area contributed by atoms with Gasteiger partial charge in [0.25, 0.3) is 5.69 Å². The Bertz CT molecular complexity index is 709. The molecule has 2 heterocycles. The van der Waals surface area contributed by atoms with Gasteiger partial charge in [0.1, 0.15) is 17.9 Å². The first-order valence-corrected chi connectivity index (χ1v) is 5.81. The molecule has 7 nitrogen and oxygen atoms in total. The second-order valence-corrected chi connectivity index (χ2v) is 4.35. The van der Waals surface area contributed by atoms with E-state index < -0.39 is 10.7 Å². The minimum absolute atomic E-state index is 0.0645. The number of rotatable bonds is 3. The van der Waals surface area contributed by atoms with Gasteiger partial charge < -0.3 is 18.6 Å². The van der Waals surface area contributed by atoms with Crippen molar-refractivity contribution in [1.29, 1.82) is 0 Å².